The number of aromatic nitrogens is 3. The molecule has 22 heavy (non-hydrogen) atoms. The van der Waals surface area contributed by atoms with E-state index in [2.05, 4.69) is 10.1 Å². The maximum Gasteiger partial charge on any atom is 0.435 e. The van der Waals surface area contributed by atoms with Crippen molar-refractivity contribution in [2.75, 3.05) is 7.11 Å². The molecule has 0 spiro atoms. The van der Waals surface area contributed by atoms with E-state index in [1.165, 1.54) is 4.68 Å². The Hall–Kier alpha value is -2.37. The second kappa shape index (κ2) is 6.17. The third-order valence-electron chi connectivity index (χ3n) is 2.94. The van der Waals surface area contributed by atoms with Crippen LogP contribution in [0.15, 0.2) is 24.4 Å². The lowest BCUT2D eigenvalue weighted by Crippen LogP contribution is -2.28. The molecule has 2 heterocycles. The van der Waals surface area contributed by atoms with Crippen molar-refractivity contribution in [3.8, 4) is 17.1 Å². The van der Waals surface area contributed by atoms with Crippen molar-refractivity contribution in [1.82, 2.24) is 14.8 Å². The Kier molecular flexibility index (Phi) is 4.49. The van der Waals surface area contributed by atoms with Crippen molar-refractivity contribution < 1.29 is 14.3 Å². The SMILES string of the molecule is CCc1cc(-c2cc(OC)ccn2)nn1C(=O)OC(C)(C)C. The molecule has 2 rings (SSSR count). The van der Waals surface area contributed by atoms with Gasteiger partial charge >= 0.3 is 6.09 Å². The molecule has 6 heteroatoms. The van der Waals surface area contributed by atoms with E-state index >= 15 is 0 Å². The Labute approximate surface area is 130 Å². The summed E-state index contributed by atoms with van der Waals surface area (Å²) in [5.41, 5.74) is 1.47. The quantitative estimate of drug-likeness (QED) is 0.870. The van der Waals surface area contributed by atoms with E-state index in [1.807, 2.05) is 33.8 Å². The number of pyridine rings is 1. The van der Waals surface area contributed by atoms with Gasteiger partial charge in [-0.1, -0.05) is 6.92 Å². The number of rotatable bonds is 3. The van der Waals surface area contributed by atoms with Crippen LogP contribution in [0, 0.1) is 0 Å². The minimum Gasteiger partial charge on any atom is -0.497 e. The summed E-state index contributed by atoms with van der Waals surface area (Å²) in [6.45, 7) is 7.43. The smallest absolute Gasteiger partial charge is 0.435 e. The topological polar surface area (TPSA) is 66.2 Å². The molecule has 0 radical (unpaired) electrons. The molecule has 118 valence electrons. The van der Waals surface area contributed by atoms with E-state index in [9.17, 15) is 4.79 Å². The number of aryl methyl sites for hydroxylation is 1. The first-order chi connectivity index (χ1) is 10.3. The molecule has 0 unspecified atom stereocenters. The zero-order valence-corrected chi connectivity index (χ0v) is 13.6. The van der Waals surface area contributed by atoms with E-state index in [0.717, 1.165) is 5.69 Å². The van der Waals surface area contributed by atoms with E-state index in [4.69, 9.17) is 9.47 Å². The second-order valence-electron chi connectivity index (χ2n) is 5.85. The van der Waals surface area contributed by atoms with Gasteiger partial charge in [0.2, 0.25) is 0 Å². The van der Waals surface area contributed by atoms with Crippen molar-refractivity contribution in [2.45, 2.75) is 39.7 Å². The van der Waals surface area contributed by atoms with Gasteiger partial charge in [0.25, 0.3) is 0 Å². The van der Waals surface area contributed by atoms with Crippen molar-refractivity contribution in [3.05, 3.63) is 30.1 Å². The standard InChI is InChI=1S/C16H21N3O3/c1-6-11-9-14(13-10-12(21-5)7-8-17-13)18-19(11)15(20)22-16(2,3)4/h7-10H,6H2,1-5H3. The van der Waals surface area contributed by atoms with Crippen LogP contribution in [-0.4, -0.2) is 33.6 Å². The first-order valence-electron chi connectivity index (χ1n) is 7.16. The Balaban J connectivity index is 2.38. The van der Waals surface area contributed by atoms with E-state index < -0.39 is 11.7 Å². The molecular weight excluding hydrogens is 282 g/mol. The van der Waals surface area contributed by atoms with Crippen LogP contribution in [0.25, 0.3) is 11.4 Å². The number of nitrogens with zero attached hydrogens (tertiary/aromatic N) is 3. The number of methoxy groups -OCH3 is 1. The number of carbonyl (C=O) groups excluding carboxylic acids is 1. The largest absolute Gasteiger partial charge is 0.497 e. The summed E-state index contributed by atoms with van der Waals surface area (Å²) in [6, 6.07) is 5.38. The maximum atomic E-state index is 12.2. The Morgan fingerprint density at radius 3 is 2.59 bits per heavy atom. The van der Waals surface area contributed by atoms with E-state index in [1.54, 1.807) is 25.4 Å². The first kappa shape index (κ1) is 16.0. The summed E-state index contributed by atoms with van der Waals surface area (Å²) >= 11 is 0. The van der Waals surface area contributed by atoms with Gasteiger partial charge in [-0.15, -0.1) is 0 Å². The van der Waals surface area contributed by atoms with Crippen LogP contribution in [0.4, 0.5) is 4.79 Å². The molecule has 0 amide bonds. The van der Waals surface area contributed by atoms with Crippen LogP contribution < -0.4 is 4.74 Å². The second-order valence-corrected chi connectivity index (χ2v) is 5.85. The molecule has 6 nitrogen and oxygen atoms in total. The van der Waals surface area contributed by atoms with Gasteiger partial charge in [0.15, 0.2) is 0 Å². The van der Waals surface area contributed by atoms with Crippen molar-refractivity contribution in [1.29, 1.82) is 0 Å². The van der Waals surface area contributed by atoms with Gasteiger partial charge < -0.3 is 9.47 Å². The van der Waals surface area contributed by atoms with Gasteiger partial charge in [-0.05, 0) is 39.3 Å². The van der Waals surface area contributed by atoms with Gasteiger partial charge in [-0.3, -0.25) is 4.98 Å². The minimum atomic E-state index is -0.567. The maximum absolute atomic E-state index is 12.2. The highest BCUT2D eigenvalue weighted by Crippen LogP contribution is 2.22. The van der Waals surface area contributed by atoms with Crippen molar-refractivity contribution >= 4 is 6.09 Å². The summed E-state index contributed by atoms with van der Waals surface area (Å²) < 4.78 is 11.9. The number of hydrogen-bond donors (Lipinski definition) is 0. The molecule has 0 bridgehead atoms. The Morgan fingerprint density at radius 2 is 2.00 bits per heavy atom. The lowest BCUT2D eigenvalue weighted by atomic mass is 10.2. The molecule has 2 aromatic heterocycles. The molecule has 0 saturated carbocycles. The molecule has 0 N–H and O–H groups in total. The fourth-order valence-corrected chi connectivity index (χ4v) is 1.94. The average Bonchev–Trinajstić information content (AvgIpc) is 2.90. The fraction of sp³-hybridized carbons (Fsp3) is 0.438. The van der Waals surface area contributed by atoms with E-state index in [0.29, 0.717) is 23.6 Å². The molecule has 0 atom stereocenters. The van der Waals surface area contributed by atoms with E-state index in [-0.39, 0.29) is 0 Å². The Morgan fingerprint density at radius 1 is 1.27 bits per heavy atom. The molecule has 0 fully saturated rings. The average molecular weight is 303 g/mol. The van der Waals surface area contributed by atoms with Crippen LogP contribution >= 0.6 is 0 Å². The van der Waals surface area contributed by atoms with Crippen LogP contribution in [0.3, 0.4) is 0 Å². The van der Waals surface area contributed by atoms with Crippen LogP contribution in [0.1, 0.15) is 33.4 Å². The number of carbonyl (C=O) groups is 1. The molecule has 2 aromatic rings. The lowest BCUT2D eigenvalue weighted by Gasteiger charge is -2.19. The predicted octanol–water partition coefficient (Wildman–Crippen LogP) is 3.30. The van der Waals surface area contributed by atoms with Crippen molar-refractivity contribution in [2.24, 2.45) is 0 Å². The van der Waals surface area contributed by atoms with Gasteiger partial charge in [0, 0.05) is 12.3 Å². The molecule has 0 aromatic carbocycles. The zero-order chi connectivity index (χ0) is 16.3. The fourth-order valence-electron chi connectivity index (χ4n) is 1.94. The summed E-state index contributed by atoms with van der Waals surface area (Å²) in [4.78, 5) is 16.5. The third kappa shape index (κ3) is 3.63. The molecule has 0 aliphatic rings. The molecule has 0 aliphatic carbocycles. The highest BCUT2D eigenvalue weighted by atomic mass is 16.6. The van der Waals surface area contributed by atoms with Gasteiger partial charge in [-0.25, -0.2) is 4.79 Å². The predicted molar refractivity (Wildman–Crippen MR) is 83.0 cm³/mol. The first-order valence-corrected chi connectivity index (χ1v) is 7.16. The normalized spacial score (nSPS) is 11.3. The summed E-state index contributed by atoms with van der Waals surface area (Å²) in [5, 5.41) is 4.33. The summed E-state index contributed by atoms with van der Waals surface area (Å²) in [7, 11) is 1.59. The number of ether oxygens (including phenoxy) is 2. The molecule has 0 aliphatic heterocycles. The zero-order valence-electron chi connectivity index (χ0n) is 13.6. The van der Waals surface area contributed by atoms with Gasteiger partial charge in [0.1, 0.15) is 17.0 Å². The van der Waals surface area contributed by atoms with Gasteiger partial charge in [0.05, 0.1) is 18.5 Å². The molecular formula is C16H21N3O3. The number of hydrogen-bond acceptors (Lipinski definition) is 5. The highest BCUT2D eigenvalue weighted by Gasteiger charge is 2.21. The Bertz CT molecular complexity index is 672. The highest BCUT2D eigenvalue weighted by molar-refractivity contribution is 5.72. The third-order valence-corrected chi connectivity index (χ3v) is 2.94. The minimum absolute atomic E-state index is 0.488. The van der Waals surface area contributed by atoms with Gasteiger partial charge in [-0.2, -0.15) is 9.78 Å². The summed E-state index contributed by atoms with van der Waals surface area (Å²) in [6.07, 6.45) is 1.82. The lowest BCUT2D eigenvalue weighted by molar-refractivity contribution is 0.0510. The van der Waals surface area contributed by atoms with Crippen molar-refractivity contribution in [3.63, 3.8) is 0 Å². The molecule has 0 saturated heterocycles. The van der Waals surface area contributed by atoms with Crippen LogP contribution in [-0.2, 0) is 11.2 Å². The van der Waals surface area contributed by atoms with Crippen LogP contribution in [0.2, 0.25) is 0 Å². The monoisotopic (exact) mass is 303 g/mol. The summed E-state index contributed by atoms with van der Waals surface area (Å²) in [5.74, 6) is 0.690. The van der Waals surface area contributed by atoms with Crippen LogP contribution in [0.5, 0.6) is 5.75 Å².